The van der Waals surface area contributed by atoms with Crippen molar-refractivity contribution in [2.75, 3.05) is 36.4 Å². The number of carbonyl (C=O) groups is 2. The highest BCUT2D eigenvalue weighted by Gasteiger charge is 2.21. The molecule has 0 radical (unpaired) electrons. The zero-order chi connectivity index (χ0) is 21.4. The number of carbonyl (C=O) groups excluding carboxylic acids is 2. The van der Waals surface area contributed by atoms with Gasteiger partial charge in [0.1, 0.15) is 4.88 Å². The van der Waals surface area contributed by atoms with Gasteiger partial charge in [0.25, 0.3) is 5.91 Å². The molecule has 1 fully saturated rings. The van der Waals surface area contributed by atoms with E-state index >= 15 is 0 Å². The molecule has 0 atom stereocenters. The fourth-order valence-electron chi connectivity index (χ4n) is 3.48. The fourth-order valence-corrected chi connectivity index (χ4v) is 5.46. The van der Waals surface area contributed by atoms with Gasteiger partial charge in [0.05, 0.1) is 15.7 Å². The molecule has 156 valence electrons. The predicted octanol–water partition coefficient (Wildman–Crippen LogP) is 5.78. The molecule has 0 unspecified atom stereocenters. The van der Waals surface area contributed by atoms with E-state index in [1.54, 1.807) is 25.1 Å². The summed E-state index contributed by atoms with van der Waals surface area (Å²) in [5.41, 5.74) is 1.47. The van der Waals surface area contributed by atoms with Crippen LogP contribution in [0.25, 0.3) is 10.1 Å². The van der Waals surface area contributed by atoms with E-state index in [0.29, 0.717) is 51.8 Å². The maximum atomic E-state index is 12.8. The third-order valence-electron chi connectivity index (χ3n) is 5.07. The van der Waals surface area contributed by atoms with Crippen LogP contribution in [0.15, 0.2) is 36.4 Å². The number of fused-ring (bicyclic) bond motifs is 1. The number of amides is 2. The minimum atomic E-state index is -0.295. The summed E-state index contributed by atoms with van der Waals surface area (Å²) >= 11 is 20.2. The molecular weight excluding hydrogens is 465 g/mol. The zero-order valence-corrected chi connectivity index (χ0v) is 19.1. The number of anilines is 2. The maximum Gasteiger partial charge on any atom is 0.267 e. The molecule has 3 aromatic rings. The highest BCUT2D eigenvalue weighted by atomic mass is 35.5. The summed E-state index contributed by atoms with van der Waals surface area (Å²) in [5.74, 6) is -0.211. The van der Waals surface area contributed by atoms with Crippen LogP contribution in [0.5, 0.6) is 0 Å². The van der Waals surface area contributed by atoms with Crippen molar-refractivity contribution in [2.45, 2.75) is 6.92 Å². The van der Waals surface area contributed by atoms with Gasteiger partial charge in [-0.1, -0.05) is 40.9 Å². The molecule has 9 heteroatoms. The highest BCUT2D eigenvalue weighted by molar-refractivity contribution is 7.21. The van der Waals surface area contributed by atoms with Gasteiger partial charge in [0.2, 0.25) is 5.91 Å². The Labute approximate surface area is 193 Å². The monoisotopic (exact) mass is 481 g/mol. The molecule has 5 nitrogen and oxygen atoms in total. The maximum absolute atomic E-state index is 12.8. The second-order valence-corrected chi connectivity index (χ2v) is 9.27. The van der Waals surface area contributed by atoms with Gasteiger partial charge in [-0.15, -0.1) is 11.3 Å². The fraction of sp³-hybridized carbons (Fsp3) is 0.238. The lowest BCUT2D eigenvalue weighted by Gasteiger charge is -2.36. The van der Waals surface area contributed by atoms with Crippen LogP contribution in [0.1, 0.15) is 16.6 Å². The molecule has 0 spiro atoms. The van der Waals surface area contributed by atoms with Crippen molar-refractivity contribution in [2.24, 2.45) is 0 Å². The molecule has 1 aliphatic rings. The Kier molecular flexibility index (Phi) is 6.11. The summed E-state index contributed by atoms with van der Waals surface area (Å²) in [6.45, 7) is 4.34. The first kappa shape index (κ1) is 21.2. The SMILES string of the molecule is CC(=O)N1CCN(c2ccc(NC(=O)c3sc4cc(Cl)ccc4c3Cl)cc2Cl)CC1. The Morgan fingerprint density at radius 3 is 2.40 bits per heavy atom. The molecule has 1 saturated heterocycles. The van der Waals surface area contributed by atoms with Crippen LogP contribution in [0, 0.1) is 0 Å². The smallest absolute Gasteiger partial charge is 0.267 e. The van der Waals surface area contributed by atoms with E-state index in [9.17, 15) is 9.59 Å². The summed E-state index contributed by atoms with van der Waals surface area (Å²) in [4.78, 5) is 28.7. The van der Waals surface area contributed by atoms with Crippen LogP contribution in [0.2, 0.25) is 15.1 Å². The first-order valence-corrected chi connectivity index (χ1v) is 11.3. The summed E-state index contributed by atoms with van der Waals surface area (Å²) in [6.07, 6.45) is 0. The Morgan fingerprint density at radius 2 is 1.73 bits per heavy atom. The summed E-state index contributed by atoms with van der Waals surface area (Å²) in [7, 11) is 0. The van der Waals surface area contributed by atoms with E-state index < -0.39 is 0 Å². The Morgan fingerprint density at radius 1 is 1.00 bits per heavy atom. The molecule has 2 aromatic carbocycles. The Bertz CT molecular complexity index is 1140. The van der Waals surface area contributed by atoms with Crippen molar-refractivity contribution >= 4 is 79.4 Å². The molecule has 30 heavy (non-hydrogen) atoms. The van der Waals surface area contributed by atoms with E-state index in [4.69, 9.17) is 34.8 Å². The van der Waals surface area contributed by atoms with Crippen molar-refractivity contribution in [1.29, 1.82) is 0 Å². The van der Waals surface area contributed by atoms with Crippen molar-refractivity contribution < 1.29 is 9.59 Å². The number of nitrogens with one attached hydrogen (secondary N) is 1. The molecule has 4 rings (SSSR count). The molecule has 1 N–H and O–H groups in total. The van der Waals surface area contributed by atoms with Crippen LogP contribution < -0.4 is 10.2 Å². The number of piperazine rings is 1. The van der Waals surface area contributed by atoms with Gasteiger partial charge in [-0.05, 0) is 30.3 Å². The predicted molar refractivity (Wildman–Crippen MR) is 126 cm³/mol. The van der Waals surface area contributed by atoms with Crippen LogP contribution in [0.4, 0.5) is 11.4 Å². The Hall–Kier alpha value is -1.99. The lowest BCUT2D eigenvalue weighted by Crippen LogP contribution is -2.48. The molecule has 2 amide bonds. The van der Waals surface area contributed by atoms with Crippen molar-refractivity contribution in [1.82, 2.24) is 4.90 Å². The minimum Gasteiger partial charge on any atom is -0.367 e. The molecule has 2 heterocycles. The average Bonchev–Trinajstić information content (AvgIpc) is 3.04. The number of nitrogens with zero attached hydrogens (tertiary/aromatic N) is 2. The van der Waals surface area contributed by atoms with E-state index in [2.05, 4.69) is 10.2 Å². The van der Waals surface area contributed by atoms with E-state index in [0.717, 1.165) is 15.8 Å². The number of hydrogen-bond donors (Lipinski definition) is 1. The third kappa shape index (κ3) is 4.23. The Balaban J connectivity index is 1.49. The van der Waals surface area contributed by atoms with Crippen molar-refractivity contribution in [3.8, 4) is 0 Å². The average molecular weight is 483 g/mol. The summed E-state index contributed by atoms with van der Waals surface area (Å²) in [5, 5.41) is 5.21. The van der Waals surface area contributed by atoms with Crippen LogP contribution >= 0.6 is 46.1 Å². The molecule has 1 aliphatic heterocycles. The van der Waals surface area contributed by atoms with Crippen LogP contribution in [-0.2, 0) is 4.79 Å². The first-order valence-electron chi connectivity index (χ1n) is 9.32. The second-order valence-electron chi connectivity index (χ2n) is 7.00. The molecule has 0 aliphatic carbocycles. The van der Waals surface area contributed by atoms with E-state index in [-0.39, 0.29) is 11.8 Å². The number of hydrogen-bond acceptors (Lipinski definition) is 4. The normalized spacial score (nSPS) is 14.3. The van der Waals surface area contributed by atoms with Gasteiger partial charge >= 0.3 is 0 Å². The quantitative estimate of drug-likeness (QED) is 0.515. The largest absolute Gasteiger partial charge is 0.367 e. The second kappa shape index (κ2) is 8.63. The first-order chi connectivity index (χ1) is 14.3. The number of halogens is 3. The summed E-state index contributed by atoms with van der Waals surface area (Å²) < 4.78 is 0.857. The lowest BCUT2D eigenvalue weighted by molar-refractivity contribution is -0.129. The van der Waals surface area contributed by atoms with Gasteiger partial charge in [-0.3, -0.25) is 9.59 Å². The van der Waals surface area contributed by atoms with Gasteiger partial charge in [-0.2, -0.15) is 0 Å². The highest BCUT2D eigenvalue weighted by Crippen LogP contribution is 2.37. The van der Waals surface area contributed by atoms with Crippen LogP contribution in [-0.4, -0.2) is 42.9 Å². The van der Waals surface area contributed by atoms with Gasteiger partial charge in [-0.25, -0.2) is 0 Å². The minimum absolute atomic E-state index is 0.0842. The summed E-state index contributed by atoms with van der Waals surface area (Å²) in [6, 6.07) is 10.8. The van der Waals surface area contributed by atoms with E-state index in [1.807, 2.05) is 23.1 Å². The van der Waals surface area contributed by atoms with Gasteiger partial charge < -0.3 is 15.1 Å². The molecule has 0 bridgehead atoms. The van der Waals surface area contributed by atoms with Crippen molar-refractivity contribution in [3.63, 3.8) is 0 Å². The number of rotatable bonds is 3. The zero-order valence-electron chi connectivity index (χ0n) is 16.0. The molecular formula is C21H18Cl3N3O2S. The van der Waals surface area contributed by atoms with E-state index in [1.165, 1.54) is 11.3 Å². The molecule has 0 saturated carbocycles. The topological polar surface area (TPSA) is 52.7 Å². The number of thiophene rings is 1. The van der Waals surface area contributed by atoms with Crippen LogP contribution in [0.3, 0.4) is 0 Å². The van der Waals surface area contributed by atoms with Crippen molar-refractivity contribution in [3.05, 3.63) is 56.3 Å². The van der Waals surface area contributed by atoms with Gasteiger partial charge in [0, 0.05) is 53.9 Å². The lowest BCUT2D eigenvalue weighted by atomic mass is 10.2. The third-order valence-corrected chi connectivity index (χ3v) is 7.26. The standard InChI is InChI=1S/C21H18Cl3N3O2S/c1-12(28)26-6-8-27(9-7-26)17-5-3-14(11-16(17)23)25-21(29)20-19(24)15-4-2-13(22)10-18(15)30-20/h2-5,10-11H,6-9H2,1H3,(H,25,29). The molecule has 1 aromatic heterocycles. The number of benzene rings is 2. The van der Waals surface area contributed by atoms with Gasteiger partial charge in [0.15, 0.2) is 0 Å².